The predicted molar refractivity (Wildman–Crippen MR) is 63.9 cm³/mol. The summed E-state index contributed by atoms with van der Waals surface area (Å²) in [6.45, 7) is 10.3. The van der Waals surface area contributed by atoms with Crippen molar-refractivity contribution in [3.8, 4) is 0 Å². The van der Waals surface area contributed by atoms with Gasteiger partial charge in [-0.25, -0.2) is 0 Å². The van der Waals surface area contributed by atoms with Gasteiger partial charge in [0.15, 0.2) is 0 Å². The summed E-state index contributed by atoms with van der Waals surface area (Å²) in [5.41, 5.74) is 2.82. The molecule has 0 spiro atoms. The van der Waals surface area contributed by atoms with Crippen molar-refractivity contribution >= 4 is 6.72 Å². The maximum absolute atomic E-state index is 4.24. The minimum Gasteiger partial charge on any atom is -0.293 e. The zero-order valence-corrected chi connectivity index (χ0v) is 9.59. The number of hydrogen-bond acceptors (Lipinski definition) is 1. The highest BCUT2D eigenvalue weighted by Gasteiger charge is 2.18. The molecule has 0 aliphatic heterocycles. The van der Waals surface area contributed by atoms with Crippen LogP contribution in [0, 0.1) is 5.92 Å². The second-order valence-corrected chi connectivity index (χ2v) is 4.09. The average Bonchev–Trinajstić information content (AvgIpc) is 2.36. The van der Waals surface area contributed by atoms with Crippen LogP contribution in [0.15, 0.2) is 28.3 Å². The highest BCUT2D eigenvalue weighted by atomic mass is 14.7. The van der Waals surface area contributed by atoms with E-state index in [0.29, 0.717) is 12.0 Å². The second-order valence-electron chi connectivity index (χ2n) is 4.09. The molecule has 78 valence electrons. The topological polar surface area (TPSA) is 12.4 Å². The molecule has 1 aliphatic carbocycles. The van der Waals surface area contributed by atoms with Gasteiger partial charge in [0.1, 0.15) is 0 Å². The summed E-state index contributed by atoms with van der Waals surface area (Å²) in [6, 6.07) is 0.346. The summed E-state index contributed by atoms with van der Waals surface area (Å²) in [4.78, 5) is 4.24. The SMILES string of the molecule is C=NC1CC(CC)C=C(C)C=C1CC. The largest absolute Gasteiger partial charge is 0.293 e. The van der Waals surface area contributed by atoms with Gasteiger partial charge in [-0.2, -0.15) is 0 Å². The summed E-state index contributed by atoms with van der Waals surface area (Å²) in [7, 11) is 0. The maximum Gasteiger partial charge on any atom is 0.0710 e. The van der Waals surface area contributed by atoms with Gasteiger partial charge >= 0.3 is 0 Å². The first-order chi connectivity index (χ1) is 6.71. The van der Waals surface area contributed by atoms with Gasteiger partial charge in [-0.15, -0.1) is 0 Å². The Morgan fingerprint density at radius 2 is 2.21 bits per heavy atom. The van der Waals surface area contributed by atoms with E-state index < -0.39 is 0 Å². The van der Waals surface area contributed by atoms with Crippen molar-refractivity contribution in [1.29, 1.82) is 0 Å². The molecule has 2 unspecified atom stereocenters. The second kappa shape index (κ2) is 5.14. The lowest BCUT2D eigenvalue weighted by Crippen LogP contribution is -2.11. The van der Waals surface area contributed by atoms with Gasteiger partial charge in [0.05, 0.1) is 6.04 Å². The Balaban J connectivity index is 2.90. The van der Waals surface area contributed by atoms with Crippen LogP contribution in [0.3, 0.4) is 0 Å². The van der Waals surface area contributed by atoms with E-state index in [-0.39, 0.29) is 0 Å². The Hall–Kier alpha value is -0.850. The number of rotatable bonds is 3. The Morgan fingerprint density at radius 3 is 2.71 bits per heavy atom. The fraction of sp³-hybridized carbons (Fsp3) is 0.615. The lowest BCUT2D eigenvalue weighted by atomic mass is 9.94. The molecule has 0 aromatic heterocycles. The molecule has 0 radical (unpaired) electrons. The third-order valence-electron chi connectivity index (χ3n) is 3.02. The Kier molecular flexibility index (Phi) is 4.12. The normalized spacial score (nSPS) is 27.6. The van der Waals surface area contributed by atoms with Gasteiger partial charge in [0, 0.05) is 0 Å². The first kappa shape index (κ1) is 11.2. The molecule has 1 rings (SSSR count). The standard InChI is InChI=1S/C13H21N/c1-5-11-7-10(3)8-12(6-2)13(9-11)14-4/h7-8,11,13H,4-6,9H2,1-3H3. The van der Waals surface area contributed by atoms with Crippen LogP contribution >= 0.6 is 0 Å². The van der Waals surface area contributed by atoms with Gasteiger partial charge in [0.2, 0.25) is 0 Å². The fourth-order valence-corrected chi connectivity index (χ4v) is 2.13. The van der Waals surface area contributed by atoms with E-state index >= 15 is 0 Å². The first-order valence-electron chi connectivity index (χ1n) is 5.55. The number of aliphatic imine (C=N–C) groups is 1. The summed E-state index contributed by atoms with van der Waals surface area (Å²) in [5, 5.41) is 0. The third-order valence-corrected chi connectivity index (χ3v) is 3.02. The van der Waals surface area contributed by atoms with Crippen LogP contribution in [0.25, 0.3) is 0 Å². The quantitative estimate of drug-likeness (QED) is 0.602. The number of allylic oxidation sites excluding steroid dienone is 3. The van der Waals surface area contributed by atoms with Gasteiger partial charge in [-0.3, -0.25) is 4.99 Å². The molecule has 0 amide bonds. The lowest BCUT2D eigenvalue weighted by Gasteiger charge is -2.16. The Labute approximate surface area is 87.6 Å². The number of nitrogens with zero attached hydrogens (tertiary/aromatic N) is 1. The molecule has 0 saturated heterocycles. The Morgan fingerprint density at radius 1 is 1.50 bits per heavy atom. The van der Waals surface area contributed by atoms with Crippen LogP contribution in [0.1, 0.15) is 40.0 Å². The lowest BCUT2D eigenvalue weighted by molar-refractivity contribution is 0.525. The monoisotopic (exact) mass is 191 g/mol. The van der Waals surface area contributed by atoms with E-state index in [1.807, 2.05) is 0 Å². The smallest absolute Gasteiger partial charge is 0.0710 e. The highest BCUT2D eigenvalue weighted by molar-refractivity contribution is 5.33. The maximum atomic E-state index is 4.24. The summed E-state index contributed by atoms with van der Waals surface area (Å²) < 4.78 is 0. The minimum absolute atomic E-state index is 0.346. The van der Waals surface area contributed by atoms with Crippen molar-refractivity contribution in [2.75, 3.05) is 0 Å². The molecule has 1 aliphatic rings. The van der Waals surface area contributed by atoms with Gasteiger partial charge in [-0.05, 0) is 44.4 Å². The zero-order chi connectivity index (χ0) is 10.6. The van der Waals surface area contributed by atoms with Crippen molar-refractivity contribution < 1.29 is 0 Å². The molecule has 0 fully saturated rings. The van der Waals surface area contributed by atoms with E-state index in [9.17, 15) is 0 Å². The van der Waals surface area contributed by atoms with Crippen LogP contribution in [-0.2, 0) is 0 Å². The number of hydrogen-bond donors (Lipinski definition) is 0. The van der Waals surface area contributed by atoms with Crippen molar-refractivity contribution in [2.24, 2.45) is 10.9 Å². The zero-order valence-electron chi connectivity index (χ0n) is 9.59. The predicted octanol–water partition coefficient (Wildman–Crippen LogP) is 3.77. The molecular formula is C13H21N. The van der Waals surface area contributed by atoms with Crippen LogP contribution in [0.5, 0.6) is 0 Å². The van der Waals surface area contributed by atoms with E-state index in [0.717, 1.165) is 12.8 Å². The van der Waals surface area contributed by atoms with Crippen LogP contribution < -0.4 is 0 Å². The van der Waals surface area contributed by atoms with E-state index in [4.69, 9.17) is 0 Å². The molecule has 0 bridgehead atoms. The summed E-state index contributed by atoms with van der Waals surface area (Å²) >= 11 is 0. The van der Waals surface area contributed by atoms with Crippen LogP contribution in [-0.4, -0.2) is 12.8 Å². The van der Waals surface area contributed by atoms with Crippen molar-refractivity contribution in [2.45, 2.75) is 46.1 Å². The molecule has 1 nitrogen and oxygen atoms in total. The van der Waals surface area contributed by atoms with Gasteiger partial charge in [-0.1, -0.05) is 31.6 Å². The summed E-state index contributed by atoms with van der Waals surface area (Å²) in [5.74, 6) is 0.672. The van der Waals surface area contributed by atoms with Crippen LogP contribution in [0.4, 0.5) is 0 Å². The molecule has 0 heterocycles. The molecular weight excluding hydrogens is 170 g/mol. The molecule has 2 atom stereocenters. The fourth-order valence-electron chi connectivity index (χ4n) is 2.13. The average molecular weight is 191 g/mol. The van der Waals surface area contributed by atoms with Crippen molar-refractivity contribution in [1.82, 2.24) is 0 Å². The highest BCUT2D eigenvalue weighted by Crippen LogP contribution is 2.27. The molecule has 0 saturated carbocycles. The molecule has 0 aromatic rings. The van der Waals surface area contributed by atoms with Gasteiger partial charge in [0.25, 0.3) is 0 Å². The van der Waals surface area contributed by atoms with E-state index in [1.54, 1.807) is 0 Å². The molecule has 1 heteroatoms. The first-order valence-corrected chi connectivity index (χ1v) is 5.55. The third kappa shape index (κ3) is 2.57. The minimum atomic E-state index is 0.346. The van der Waals surface area contributed by atoms with E-state index in [1.165, 1.54) is 17.6 Å². The molecule has 14 heavy (non-hydrogen) atoms. The van der Waals surface area contributed by atoms with Crippen molar-refractivity contribution in [3.63, 3.8) is 0 Å². The van der Waals surface area contributed by atoms with Crippen molar-refractivity contribution in [3.05, 3.63) is 23.3 Å². The molecule has 0 aromatic carbocycles. The van der Waals surface area contributed by atoms with Crippen LogP contribution in [0.2, 0.25) is 0 Å². The summed E-state index contributed by atoms with van der Waals surface area (Å²) in [6.07, 6.45) is 8.09. The Bertz CT molecular complexity index is 260. The molecule has 0 N–H and O–H groups in total. The van der Waals surface area contributed by atoms with E-state index in [2.05, 4.69) is 44.6 Å². The van der Waals surface area contributed by atoms with Gasteiger partial charge < -0.3 is 0 Å².